The third-order valence-electron chi connectivity index (χ3n) is 5.54. The van der Waals surface area contributed by atoms with E-state index in [9.17, 15) is 9.59 Å². The van der Waals surface area contributed by atoms with E-state index in [4.69, 9.17) is 4.74 Å². The number of aryl methyl sites for hydroxylation is 1. The first-order chi connectivity index (χ1) is 17.0. The molecule has 2 aromatic carbocycles. The molecular formula is C26H28N6O3. The molecule has 0 aliphatic heterocycles. The van der Waals surface area contributed by atoms with Crippen LogP contribution < -0.4 is 15.4 Å². The number of hydrogen-bond donors (Lipinski definition) is 2. The van der Waals surface area contributed by atoms with Crippen LogP contribution in [0.2, 0.25) is 0 Å². The van der Waals surface area contributed by atoms with Crippen LogP contribution in [0.25, 0.3) is 5.69 Å². The second-order valence-electron chi connectivity index (χ2n) is 8.13. The number of aromatic nitrogens is 4. The Morgan fingerprint density at radius 3 is 2.54 bits per heavy atom. The average Bonchev–Trinajstić information content (AvgIpc) is 3.53. The zero-order chi connectivity index (χ0) is 24.6. The maximum absolute atomic E-state index is 12.5. The molecule has 9 nitrogen and oxygen atoms in total. The molecular weight excluding hydrogens is 444 g/mol. The Morgan fingerprint density at radius 1 is 0.971 bits per heavy atom. The lowest BCUT2D eigenvalue weighted by Crippen LogP contribution is -2.30. The van der Waals surface area contributed by atoms with Crippen LogP contribution in [-0.4, -0.2) is 38.5 Å². The van der Waals surface area contributed by atoms with Gasteiger partial charge in [0.05, 0.1) is 36.9 Å². The summed E-state index contributed by atoms with van der Waals surface area (Å²) in [5.74, 6) is 0.437. The molecule has 0 unspecified atom stereocenters. The van der Waals surface area contributed by atoms with Crippen LogP contribution in [0.15, 0.2) is 79.4 Å². The summed E-state index contributed by atoms with van der Waals surface area (Å²) in [5, 5.41) is 14.3. The van der Waals surface area contributed by atoms with Crippen molar-refractivity contribution in [3.8, 4) is 11.4 Å². The lowest BCUT2D eigenvalue weighted by atomic mass is 10.1. The molecule has 0 spiro atoms. The zero-order valence-electron chi connectivity index (χ0n) is 19.7. The monoisotopic (exact) mass is 472 g/mol. The van der Waals surface area contributed by atoms with E-state index in [0.29, 0.717) is 18.5 Å². The summed E-state index contributed by atoms with van der Waals surface area (Å²) in [6, 6.07) is 17.2. The van der Waals surface area contributed by atoms with Crippen molar-refractivity contribution in [3.05, 3.63) is 90.5 Å². The van der Waals surface area contributed by atoms with Crippen molar-refractivity contribution in [2.24, 2.45) is 0 Å². The van der Waals surface area contributed by atoms with Gasteiger partial charge in [0.2, 0.25) is 11.8 Å². The van der Waals surface area contributed by atoms with Crippen molar-refractivity contribution >= 4 is 17.5 Å². The minimum absolute atomic E-state index is 0.0360. The second kappa shape index (κ2) is 11.1. The minimum atomic E-state index is -0.218. The molecule has 4 rings (SSSR count). The van der Waals surface area contributed by atoms with Crippen molar-refractivity contribution in [2.45, 2.75) is 32.4 Å². The van der Waals surface area contributed by atoms with E-state index in [1.165, 1.54) is 10.9 Å². The normalized spacial score (nSPS) is 11.6. The van der Waals surface area contributed by atoms with Crippen molar-refractivity contribution in [1.29, 1.82) is 0 Å². The Morgan fingerprint density at radius 2 is 1.74 bits per heavy atom. The summed E-state index contributed by atoms with van der Waals surface area (Å²) < 4.78 is 8.59. The Hall–Kier alpha value is -4.40. The van der Waals surface area contributed by atoms with Crippen LogP contribution >= 0.6 is 0 Å². The van der Waals surface area contributed by atoms with Gasteiger partial charge in [-0.05, 0) is 37.1 Å². The highest BCUT2D eigenvalue weighted by molar-refractivity contribution is 5.90. The molecule has 2 aromatic heterocycles. The first-order valence-corrected chi connectivity index (χ1v) is 11.4. The van der Waals surface area contributed by atoms with Crippen molar-refractivity contribution in [2.75, 3.05) is 12.4 Å². The number of rotatable bonds is 10. The van der Waals surface area contributed by atoms with E-state index in [0.717, 1.165) is 22.6 Å². The third kappa shape index (κ3) is 6.35. The van der Waals surface area contributed by atoms with Gasteiger partial charge in [-0.15, -0.1) is 0 Å². The van der Waals surface area contributed by atoms with Crippen LogP contribution in [0.4, 0.5) is 5.69 Å². The second-order valence-corrected chi connectivity index (χ2v) is 8.13. The Balaban J connectivity index is 1.25. The fourth-order valence-corrected chi connectivity index (χ4v) is 3.70. The molecule has 0 bridgehead atoms. The molecule has 0 saturated heterocycles. The Labute approximate surface area is 203 Å². The first kappa shape index (κ1) is 23.7. The molecule has 2 amide bonds. The van der Waals surface area contributed by atoms with Crippen molar-refractivity contribution in [3.63, 3.8) is 0 Å². The van der Waals surface area contributed by atoms with Crippen LogP contribution in [0, 0.1) is 0 Å². The highest BCUT2D eigenvalue weighted by Crippen LogP contribution is 2.19. The first-order valence-electron chi connectivity index (χ1n) is 11.4. The van der Waals surface area contributed by atoms with E-state index < -0.39 is 0 Å². The smallest absolute Gasteiger partial charge is 0.242 e. The maximum Gasteiger partial charge on any atom is 0.242 e. The van der Waals surface area contributed by atoms with Gasteiger partial charge < -0.3 is 15.4 Å². The van der Waals surface area contributed by atoms with Crippen LogP contribution in [-0.2, 0) is 22.6 Å². The SMILES string of the molecule is COc1ccccc1CCC(=O)Nc1cnn(CC(=O)N[C@@H](C)c2cnn(-c3ccccc3)c2)c1. The number of para-hydroxylation sites is 2. The van der Waals surface area contributed by atoms with Gasteiger partial charge in [-0.3, -0.25) is 14.3 Å². The fourth-order valence-electron chi connectivity index (χ4n) is 3.70. The number of hydrogen-bond acceptors (Lipinski definition) is 5. The van der Waals surface area contributed by atoms with E-state index in [1.54, 1.807) is 24.2 Å². The quantitative estimate of drug-likeness (QED) is 0.368. The predicted octanol–water partition coefficient (Wildman–Crippen LogP) is 3.53. The van der Waals surface area contributed by atoms with E-state index >= 15 is 0 Å². The molecule has 9 heteroatoms. The topological polar surface area (TPSA) is 103 Å². The number of nitrogens with zero attached hydrogens (tertiary/aromatic N) is 4. The Kier molecular flexibility index (Phi) is 7.57. The van der Waals surface area contributed by atoms with E-state index in [-0.39, 0.29) is 24.4 Å². The van der Waals surface area contributed by atoms with Gasteiger partial charge in [-0.1, -0.05) is 36.4 Å². The van der Waals surface area contributed by atoms with Gasteiger partial charge in [0.15, 0.2) is 0 Å². The number of benzene rings is 2. The molecule has 35 heavy (non-hydrogen) atoms. The largest absolute Gasteiger partial charge is 0.496 e. The highest BCUT2D eigenvalue weighted by atomic mass is 16.5. The van der Waals surface area contributed by atoms with Gasteiger partial charge in [0.1, 0.15) is 12.3 Å². The van der Waals surface area contributed by atoms with Crippen LogP contribution in [0.5, 0.6) is 5.75 Å². The molecule has 4 aromatic rings. The van der Waals surface area contributed by atoms with Gasteiger partial charge >= 0.3 is 0 Å². The number of nitrogens with one attached hydrogen (secondary N) is 2. The minimum Gasteiger partial charge on any atom is -0.496 e. The molecule has 0 saturated carbocycles. The molecule has 180 valence electrons. The van der Waals surface area contributed by atoms with E-state index in [1.807, 2.05) is 67.7 Å². The molecule has 1 atom stereocenters. The Bertz CT molecular complexity index is 1280. The summed E-state index contributed by atoms with van der Waals surface area (Å²) in [6.07, 6.45) is 7.67. The lowest BCUT2D eigenvalue weighted by Gasteiger charge is -2.12. The number of anilines is 1. The number of methoxy groups -OCH3 is 1. The maximum atomic E-state index is 12.5. The van der Waals surface area contributed by atoms with Gasteiger partial charge in [0.25, 0.3) is 0 Å². The standard InChI is InChI=1S/C26H28N6O3/c1-19(21-14-28-32(16-21)23-9-4-3-5-10-23)29-26(34)18-31-17-22(15-27-31)30-25(33)13-12-20-8-6-7-11-24(20)35-2/h3-11,14-17,19H,12-13,18H2,1-2H3,(H,29,34)(H,30,33)/t19-/m0/s1. The van der Waals surface area contributed by atoms with Crippen LogP contribution in [0.1, 0.15) is 30.5 Å². The fraction of sp³-hybridized carbons (Fsp3) is 0.231. The summed E-state index contributed by atoms with van der Waals surface area (Å²) in [6.45, 7) is 1.94. The molecule has 0 fully saturated rings. The van der Waals surface area contributed by atoms with Crippen molar-refractivity contribution in [1.82, 2.24) is 24.9 Å². The molecule has 2 heterocycles. The molecule has 2 N–H and O–H groups in total. The number of ether oxygens (including phenoxy) is 1. The lowest BCUT2D eigenvalue weighted by molar-refractivity contribution is -0.122. The van der Waals surface area contributed by atoms with Gasteiger partial charge in [-0.25, -0.2) is 4.68 Å². The molecule has 0 radical (unpaired) electrons. The predicted molar refractivity (Wildman–Crippen MR) is 132 cm³/mol. The number of carbonyl (C=O) groups is 2. The van der Waals surface area contributed by atoms with Gasteiger partial charge in [0, 0.05) is 24.4 Å². The third-order valence-corrected chi connectivity index (χ3v) is 5.54. The summed E-state index contributed by atoms with van der Waals surface area (Å²) >= 11 is 0. The molecule has 0 aliphatic rings. The zero-order valence-corrected chi connectivity index (χ0v) is 19.7. The summed E-state index contributed by atoms with van der Waals surface area (Å²) in [5.41, 5.74) is 3.36. The van der Waals surface area contributed by atoms with Crippen LogP contribution in [0.3, 0.4) is 0 Å². The van der Waals surface area contributed by atoms with E-state index in [2.05, 4.69) is 20.8 Å². The summed E-state index contributed by atoms with van der Waals surface area (Å²) in [7, 11) is 1.61. The number of amides is 2. The average molecular weight is 473 g/mol. The number of carbonyl (C=O) groups excluding carboxylic acids is 2. The van der Waals surface area contributed by atoms with Gasteiger partial charge in [-0.2, -0.15) is 10.2 Å². The highest BCUT2D eigenvalue weighted by Gasteiger charge is 2.14. The molecule has 0 aliphatic carbocycles. The summed E-state index contributed by atoms with van der Waals surface area (Å²) in [4.78, 5) is 24.9. The van der Waals surface area contributed by atoms with Crippen molar-refractivity contribution < 1.29 is 14.3 Å².